The smallest absolute Gasteiger partial charge is 0.320 e. The Morgan fingerprint density at radius 2 is 1.03 bits per heavy atom. The molecule has 0 aromatic rings. The second-order valence-corrected chi connectivity index (χ2v) is 13.1. The molecule has 0 aromatic heterocycles. The summed E-state index contributed by atoms with van der Waals surface area (Å²) >= 11 is 0. The minimum absolute atomic E-state index is 0.359. The van der Waals surface area contributed by atoms with Crippen LogP contribution in [0.5, 0.6) is 0 Å². The molecule has 0 aliphatic heterocycles. The Kier molecular flexibility index (Phi) is 22.5. The Morgan fingerprint density at radius 1 is 0.657 bits per heavy atom. The normalized spacial score (nSPS) is 15.3. The van der Waals surface area contributed by atoms with Gasteiger partial charge >= 0.3 is 7.60 Å². The number of allylic oxidation sites excluding steroid dienone is 4. The van der Waals surface area contributed by atoms with E-state index < -0.39 is 7.60 Å². The van der Waals surface area contributed by atoms with Crippen LogP contribution < -0.4 is 0 Å². The van der Waals surface area contributed by atoms with Crippen molar-refractivity contribution in [2.45, 2.75) is 142 Å². The minimum Gasteiger partial charge on any atom is -0.320 e. The number of nitrogens with zero attached hydrogens (tertiary/aromatic N) is 1. The van der Waals surface area contributed by atoms with Crippen LogP contribution in [-0.4, -0.2) is 42.9 Å². The lowest BCUT2D eigenvalue weighted by atomic mass is 10.1. The lowest BCUT2D eigenvalue weighted by Crippen LogP contribution is -2.44. The Labute approximate surface area is 219 Å². The molecular weight excluding hydrogens is 453 g/mol. The summed E-state index contributed by atoms with van der Waals surface area (Å²) in [4.78, 5) is 10.3. The fourth-order valence-electron chi connectivity index (χ4n) is 4.61. The molecule has 1 N–H and O–H groups in total. The van der Waals surface area contributed by atoms with Crippen molar-refractivity contribution in [3.63, 3.8) is 0 Å². The maximum atomic E-state index is 12.5. The first kappa shape index (κ1) is 34.6. The Balaban J connectivity index is 3.45. The highest BCUT2D eigenvalue weighted by Crippen LogP contribution is 2.51. The van der Waals surface area contributed by atoms with Gasteiger partial charge in [-0.3, -0.25) is 4.57 Å². The summed E-state index contributed by atoms with van der Waals surface area (Å²) in [6, 6.07) is 0. The average Bonchev–Trinajstić information content (AvgIpc) is 2.78. The average molecular weight is 515 g/mol. The van der Waals surface area contributed by atoms with Crippen molar-refractivity contribution in [1.29, 1.82) is 0 Å². The molecule has 35 heavy (non-hydrogen) atoms. The third kappa shape index (κ3) is 21.4. The minimum atomic E-state index is -3.57. The highest BCUT2D eigenvalue weighted by molar-refractivity contribution is 7.53. The van der Waals surface area contributed by atoms with Crippen molar-refractivity contribution in [1.82, 2.24) is 0 Å². The van der Waals surface area contributed by atoms with E-state index in [0.29, 0.717) is 17.5 Å². The van der Waals surface area contributed by atoms with Crippen molar-refractivity contribution in [3.05, 3.63) is 24.3 Å². The second kappa shape index (κ2) is 22.8. The third-order valence-corrected chi connectivity index (χ3v) is 9.09. The van der Waals surface area contributed by atoms with Crippen LogP contribution >= 0.6 is 7.60 Å². The molecule has 208 valence electrons. The van der Waals surface area contributed by atoms with Gasteiger partial charge in [0.15, 0.2) is 5.78 Å². The predicted molar refractivity (Wildman–Crippen MR) is 155 cm³/mol. The third-order valence-electron chi connectivity index (χ3n) is 6.73. The van der Waals surface area contributed by atoms with E-state index in [1.807, 2.05) is 28.1 Å². The zero-order valence-electron chi connectivity index (χ0n) is 24.2. The maximum absolute atomic E-state index is 12.5. The molecule has 0 radical (unpaired) electrons. The lowest BCUT2D eigenvalue weighted by Gasteiger charge is -2.35. The Hall–Kier alpha value is -0.410. The zero-order valence-corrected chi connectivity index (χ0v) is 25.1. The van der Waals surface area contributed by atoms with Crippen LogP contribution in [-0.2, 0) is 9.09 Å². The maximum Gasteiger partial charge on any atom is 0.385 e. The van der Waals surface area contributed by atoms with E-state index in [2.05, 4.69) is 31.2 Å². The van der Waals surface area contributed by atoms with Crippen molar-refractivity contribution in [2.24, 2.45) is 0 Å². The van der Waals surface area contributed by atoms with Crippen LogP contribution in [0.4, 0.5) is 0 Å². The number of rotatable bonds is 25. The SMILES string of the molecule is CCCCC/C=C\CCCCCCCCCC/C=C\CCCCCOP(=O)(O)C(CC)[N+](C)(C)C. The van der Waals surface area contributed by atoms with Crippen LogP contribution in [0.25, 0.3) is 0 Å². The van der Waals surface area contributed by atoms with Crippen LogP contribution in [0.1, 0.15) is 136 Å². The van der Waals surface area contributed by atoms with E-state index in [0.717, 1.165) is 25.7 Å². The molecule has 4 nitrogen and oxygen atoms in total. The predicted octanol–water partition coefficient (Wildman–Crippen LogP) is 9.78. The molecule has 0 saturated heterocycles. The van der Waals surface area contributed by atoms with Gasteiger partial charge in [0.1, 0.15) is 0 Å². The van der Waals surface area contributed by atoms with Crippen molar-refractivity contribution >= 4 is 7.60 Å². The Morgan fingerprint density at radius 3 is 1.40 bits per heavy atom. The van der Waals surface area contributed by atoms with Crippen molar-refractivity contribution < 1.29 is 18.5 Å². The number of hydrogen-bond donors (Lipinski definition) is 1. The lowest BCUT2D eigenvalue weighted by molar-refractivity contribution is -0.883. The first-order valence-electron chi connectivity index (χ1n) is 14.8. The molecule has 0 aromatic carbocycles. The van der Waals surface area contributed by atoms with Gasteiger partial charge in [0.25, 0.3) is 0 Å². The van der Waals surface area contributed by atoms with E-state index >= 15 is 0 Å². The van der Waals surface area contributed by atoms with E-state index in [9.17, 15) is 9.46 Å². The molecule has 0 rings (SSSR count). The molecule has 0 amide bonds. The standard InChI is InChI=1S/C30H60NO3P/c1-6-8-9-10-11-12-13-14-15-16-17-18-19-20-21-22-23-24-25-26-27-28-29-34-35(32,33)30(7-2)31(3,4)5/h11-12,23-24,30H,6-10,13-22,25-29H2,1-5H3/p+1/b12-11-,24-23-. The van der Waals surface area contributed by atoms with E-state index in [1.165, 1.54) is 89.9 Å². The van der Waals surface area contributed by atoms with E-state index in [-0.39, 0.29) is 5.78 Å². The summed E-state index contributed by atoms with van der Waals surface area (Å²) in [7, 11) is 2.28. The van der Waals surface area contributed by atoms with Gasteiger partial charge in [-0.15, -0.1) is 0 Å². The molecule has 0 fully saturated rings. The first-order chi connectivity index (χ1) is 16.8. The van der Waals surface area contributed by atoms with Crippen molar-refractivity contribution in [3.8, 4) is 0 Å². The molecule has 0 saturated carbocycles. The number of quaternary nitrogens is 1. The molecule has 0 heterocycles. The largest absolute Gasteiger partial charge is 0.385 e. The number of hydrogen-bond acceptors (Lipinski definition) is 2. The fourth-order valence-corrected chi connectivity index (χ4v) is 6.51. The monoisotopic (exact) mass is 514 g/mol. The van der Waals surface area contributed by atoms with E-state index in [1.54, 1.807) is 0 Å². The molecule has 0 aliphatic rings. The molecule has 0 aliphatic carbocycles. The highest BCUT2D eigenvalue weighted by Gasteiger charge is 2.41. The summed E-state index contributed by atoms with van der Waals surface area (Å²) in [6.07, 6.45) is 32.9. The van der Waals surface area contributed by atoms with Gasteiger partial charge in [0.2, 0.25) is 0 Å². The van der Waals surface area contributed by atoms with Gasteiger partial charge in [-0.05, 0) is 57.8 Å². The van der Waals surface area contributed by atoms with Crippen LogP contribution in [0, 0.1) is 0 Å². The first-order valence-corrected chi connectivity index (χ1v) is 16.5. The summed E-state index contributed by atoms with van der Waals surface area (Å²) in [6.45, 7) is 4.59. The molecule has 5 heteroatoms. The molecular formula is C30H61NO3P+. The van der Waals surface area contributed by atoms with Gasteiger partial charge in [0, 0.05) is 6.42 Å². The topological polar surface area (TPSA) is 46.5 Å². The summed E-state index contributed by atoms with van der Waals surface area (Å²) in [5.41, 5.74) is 0. The summed E-state index contributed by atoms with van der Waals surface area (Å²) in [5, 5.41) is 0. The van der Waals surface area contributed by atoms with Gasteiger partial charge in [-0.25, -0.2) is 0 Å². The summed E-state index contributed by atoms with van der Waals surface area (Å²) in [5.74, 6) is -0.359. The second-order valence-electron chi connectivity index (χ2n) is 11.1. The van der Waals surface area contributed by atoms with Crippen molar-refractivity contribution in [2.75, 3.05) is 27.7 Å². The Bertz CT molecular complexity index is 568. The van der Waals surface area contributed by atoms with Gasteiger partial charge < -0.3 is 13.9 Å². The van der Waals surface area contributed by atoms with Gasteiger partial charge in [-0.1, -0.05) is 95.9 Å². The van der Waals surface area contributed by atoms with Crippen LogP contribution in [0.15, 0.2) is 24.3 Å². The number of unbranched alkanes of at least 4 members (excludes halogenated alkanes) is 15. The van der Waals surface area contributed by atoms with Gasteiger partial charge in [0.05, 0.1) is 27.7 Å². The highest BCUT2D eigenvalue weighted by atomic mass is 31.2. The van der Waals surface area contributed by atoms with E-state index in [4.69, 9.17) is 4.52 Å². The molecule has 0 spiro atoms. The fraction of sp³-hybridized carbons (Fsp3) is 0.867. The molecule has 2 atom stereocenters. The van der Waals surface area contributed by atoms with Crippen LogP contribution in [0.2, 0.25) is 0 Å². The molecule has 2 unspecified atom stereocenters. The van der Waals surface area contributed by atoms with Gasteiger partial charge in [-0.2, -0.15) is 0 Å². The zero-order chi connectivity index (χ0) is 26.3. The molecule has 0 bridgehead atoms. The quantitative estimate of drug-likeness (QED) is 0.0570. The summed E-state index contributed by atoms with van der Waals surface area (Å²) < 4.78 is 18.4. The van der Waals surface area contributed by atoms with Crippen LogP contribution in [0.3, 0.4) is 0 Å².